The van der Waals surface area contributed by atoms with E-state index in [1.54, 1.807) is 14.8 Å². The van der Waals surface area contributed by atoms with Gasteiger partial charge in [0.2, 0.25) is 0 Å². The van der Waals surface area contributed by atoms with Crippen LogP contribution in [0, 0.1) is 5.92 Å². The van der Waals surface area contributed by atoms with Gasteiger partial charge in [-0.15, -0.1) is 0 Å². The zero-order chi connectivity index (χ0) is 16.3. The van der Waals surface area contributed by atoms with E-state index in [-0.39, 0.29) is 0 Å². The zero-order valence-electron chi connectivity index (χ0n) is 13.8. The standard InChI is InChI=1S/C16H26N4O2S/c1-15-5-4-8-20(13-15)23(21,22)19-11-9-18(10-12-19)14-16-6-2-3-7-17-16/h2-3,6-7,15H,4-5,8-14H2,1H3/t15-/m1/s1. The number of rotatable bonds is 4. The maximum absolute atomic E-state index is 12.8. The number of piperazine rings is 1. The number of hydrogen-bond acceptors (Lipinski definition) is 4. The van der Waals surface area contributed by atoms with Crippen molar-refractivity contribution in [2.24, 2.45) is 5.92 Å². The second kappa shape index (κ2) is 7.25. The Kier molecular flexibility index (Phi) is 5.31. The number of aromatic nitrogens is 1. The minimum atomic E-state index is -3.29. The van der Waals surface area contributed by atoms with Gasteiger partial charge in [0.05, 0.1) is 5.69 Å². The molecular weight excluding hydrogens is 312 g/mol. The summed E-state index contributed by atoms with van der Waals surface area (Å²) in [4.78, 5) is 6.61. The van der Waals surface area contributed by atoms with E-state index in [1.165, 1.54) is 0 Å². The molecular formula is C16H26N4O2S. The molecule has 0 unspecified atom stereocenters. The Balaban J connectivity index is 1.55. The number of nitrogens with zero attached hydrogens (tertiary/aromatic N) is 4. The molecule has 2 saturated heterocycles. The average Bonchev–Trinajstić information content (AvgIpc) is 2.56. The summed E-state index contributed by atoms with van der Waals surface area (Å²) in [6, 6.07) is 5.91. The summed E-state index contributed by atoms with van der Waals surface area (Å²) in [5, 5.41) is 0. The molecule has 0 N–H and O–H groups in total. The highest BCUT2D eigenvalue weighted by atomic mass is 32.2. The molecule has 23 heavy (non-hydrogen) atoms. The lowest BCUT2D eigenvalue weighted by atomic mass is 10.0. The molecule has 0 aliphatic carbocycles. The summed E-state index contributed by atoms with van der Waals surface area (Å²) in [5.74, 6) is 0.462. The minimum absolute atomic E-state index is 0.462. The second-order valence-electron chi connectivity index (χ2n) is 6.61. The fraction of sp³-hybridized carbons (Fsp3) is 0.688. The molecule has 3 rings (SSSR count). The molecule has 1 atom stereocenters. The van der Waals surface area contributed by atoms with Crippen LogP contribution in [0.15, 0.2) is 24.4 Å². The van der Waals surface area contributed by atoms with Crippen molar-refractivity contribution in [3.05, 3.63) is 30.1 Å². The molecule has 1 aromatic heterocycles. The van der Waals surface area contributed by atoms with E-state index in [9.17, 15) is 8.42 Å². The number of hydrogen-bond donors (Lipinski definition) is 0. The largest absolute Gasteiger partial charge is 0.295 e. The monoisotopic (exact) mass is 338 g/mol. The number of piperidine rings is 1. The topological polar surface area (TPSA) is 56.8 Å². The Morgan fingerprint density at radius 2 is 1.91 bits per heavy atom. The Hall–Kier alpha value is -1.02. The molecule has 0 radical (unpaired) electrons. The highest BCUT2D eigenvalue weighted by Gasteiger charge is 2.34. The average molecular weight is 338 g/mol. The van der Waals surface area contributed by atoms with Gasteiger partial charge in [-0.2, -0.15) is 17.0 Å². The molecule has 2 fully saturated rings. The second-order valence-corrected chi connectivity index (χ2v) is 8.54. The van der Waals surface area contributed by atoms with Crippen LogP contribution in [0.4, 0.5) is 0 Å². The SMILES string of the molecule is C[C@@H]1CCCN(S(=O)(=O)N2CCN(Cc3ccccn3)CC2)C1. The van der Waals surface area contributed by atoms with Crippen LogP contribution in [0.3, 0.4) is 0 Å². The molecule has 128 valence electrons. The van der Waals surface area contributed by atoms with Gasteiger partial charge >= 0.3 is 0 Å². The molecule has 0 saturated carbocycles. The van der Waals surface area contributed by atoms with Crippen LogP contribution in [0.2, 0.25) is 0 Å². The molecule has 1 aromatic rings. The first kappa shape index (κ1) is 16.8. The molecule has 2 aliphatic heterocycles. The van der Waals surface area contributed by atoms with Gasteiger partial charge in [-0.25, -0.2) is 0 Å². The highest BCUT2D eigenvalue weighted by Crippen LogP contribution is 2.21. The third-order valence-electron chi connectivity index (χ3n) is 4.72. The summed E-state index contributed by atoms with van der Waals surface area (Å²) in [7, 11) is -3.29. The molecule has 6 nitrogen and oxygen atoms in total. The van der Waals surface area contributed by atoms with Crippen molar-refractivity contribution in [1.29, 1.82) is 0 Å². The van der Waals surface area contributed by atoms with Crippen molar-refractivity contribution in [2.45, 2.75) is 26.3 Å². The predicted molar refractivity (Wildman–Crippen MR) is 90.0 cm³/mol. The lowest BCUT2D eigenvalue weighted by Gasteiger charge is -2.38. The van der Waals surface area contributed by atoms with E-state index >= 15 is 0 Å². The van der Waals surface area contributed by atoms with Gasteiger partial charge in [0, 0.05) is 52.0 Å². The van der Waals surface area contributed by atoms with E-state index in [0.29, 0.717) is 32.1 Å². The van der Waals surface area contributed by atoms with Gasteiger partial charge in [0.1, 0.15) is 0 Å². The van der Waals surface area contributed by atoms with E-state index in [2.05, 4.69) is 16.8 Å². The van der Waals surface area contributed by atoms with E-state index in [4.69, 9.17) is 0 Å². The molecule has 0 spiro atoms. The third kappa shape index (κ3) is 4.09. The van der Waals surface area contributed by atoms with Crippen molar-refractivity contribution >= 4 is 10.2 Å². The lowest BCUT2D eigenvalue weighted by Crippen LogP contribution is -2.54. The Bertz CT molecular complexity index is 600. The summed E-state index contributed by atoms with van der Waals surface area (Å²) in [6.45, 7) is 6.91. The normalized spacial score (nSPS) is 25.5. The van der Waals surface area contributed by atoms with Crippen LogP contribution in [0.5, 0.6) is 0 Å². The van der Waals surface area contributed by atoms with Gasteiger partial charge in [-0.3, -0.25) is 9.88 Å². The molecule has 7 heteroatoms. The van der Waals surface area contributed by atoms with Crippen LogP contribution in [0.25, 0.3) is 0 Å². The molecule has 0 amide bonds. The van der Waals surface area contributed by atoms with Crippen LogP contribution in [0.1, 0.15) is 25.5 Å². The van der Waals surface area contributed by atoms with E-state index in [0.717, 1.165) is 38.2 Å². The fourth-order valence-electron chi connectivity index (χ4n) is 3.36. The van der Waals surface area contributed by atoms with Gasteiger partial charge in [-0.05, 0) is 30.9 Å². The Labute approximate surface area is 139 Å². The van der Waals surface area contributed by atoms with Gasteiger partial charge in [0.15, 0.2) is 0 Å². The maximum atomic E-state index is 12.8. The minimum Gasteiger partial charge on any atom is -0.295 e. The first-order chi connectivity index (χ1) is 11.1. The van der Waals surface area contributed by atoms with Crippen LogP contribution in [-0.4, -0.2) is 66.2 Å². The Morgan fingerprint density at radius 3 is 2.57 bits per heavy atom. The van der Waals surface area contributed by atoms with Crippen LogP contribution in [-0.2, 0) is 16.8 Å². The summed E-state index contributed by atoms with van der Waals surface area (Å²) >= 11 is 0. The predicted octanol–water partition coefficient (Wildman–Crippen LogP) is 1.18. The fourth-order valence-corrected chi connectivity index (χ4v) is 5.11. The van der Waals surface area contributed by atoms with Crippen molar-refractivity contribution in [1.82, 2.24) is 18.5 Å². The van der Waals surface area contributed by atoms with Crippen molar-refractivity contribution in [2.75, 3.05) is 39.3 Å². The van der Waals surface area contributed by atoms with Crippen molar-refractivity contribution < 1.29 is 8.42 Å². The molecule has 0 aromatic carbocycles. The summed E-state index contributed by atoms with van der Waals surface area (Å²) in [6.07, 6.45) is 3.90. The summed E-state index contributed by atoms with van der Waals surface area (Å²) < 4.78 is 28.9. The van der Waals surface area contributed by atoms with E-state index < -0.39 is 10.2 Å². The zero-order valence-corrected chi connectivity index (χ0v) is 14.6. The number of pyridine rings is 1. The molecule has 2 aliphatic rings. The third-order valence-corrected chi connectivity index (χ3v) is 6.72. The van der Waals surface area contributed by atoms with E-state index in [1.807, 2.05) is 18.2 Å². The molecule has 3 heterocycles. The quantitative estimate of drug-likeness (QED) is 0.827. The van der Waals surface area contributed by atoms with Gasteiger partial charge < -0.3 is 0 Å². The van der Waals surface area contributed by atoms with Gasteiger partial charge in [0.25, 0.3) is 10.2 Å². The maximum Gasteiger partial charge on any atom is 0.282 e. The summed E-state index contributed by atoms with van der Waals surface area (Å²) in [5.41, 5.74) is 1.04. The molecule has 0 bridgehead atoms. The lowest BCUT2D eigenvalue weighted by molar-refractivity contribution is 0.168. The highest BCUT2D eigenvalue weighted by molar-refractivity contribution is 7.86. The first-order valence-electron chi connectivity index (χ1n) is 8.43. The van der Waals surface area contributed by atoms with Crippen LogP contribution >= 0.6 is 0 Å². The first-order valence-corrected chi connectivity index (χ1v) is 9.83. The van der Waals surface area contributed by atoms with Crippen molar-refractivity contribution in [3.63, 3.8) is 0 Å². The Morgan fingerprint density at radius 1 is 1.13 bits per heavy atom. The van der Waals surface area contributed by atoms with Crippen LogP contribution < -0.4 is 0 Å². The smallest absolute Gasteiger partial charge is 0.282 e. The van der Waals surface area contributed by atoms with Gasteiger partial charge in [-0.1, -0.05) is 13.0 Å². The van der Waals surface area contributed by atoms with Crippen molar-refractivity contribution in [3.8, 4) is 0 Å².